The molecule has 0 spiro atoms. The molecule has 0 saturated carbocycles. The number of fused-ring (bicyclic) bond motifs is 5. The lowest BCUT2D eigenvalue weighted by molar-refractivity contribution is 0.590. The van der Waals surface area contributed by atoms with Crippen LogP contribution in [-0.4, -0.2) is 13.6 Å². The van der Waals surface area contributed by atoms with E-state index >= 15 is 0 Å². The number of benzene rings is 5. The highest BCUT2D eigenvalue weighted by Crippen LogP contribution is 2.55. The van der Waals surface area contributed by atoms with Crippen molar-refractivity contribution in [3.05, 3.63) is 197 Å². The molecule has 1 aliphatic heterocycles. The number of allylic oxidation sites excluding steroid dienone is 7. The van der Waals surface area contributed by atoms with Crippen LogP contribution in [0, 0.1) is 41.5 Å². The van der Waals surface area contributed by atoms with Crippen molar-refractivity contribution in [1.82, 2.24) is 0 Å². The summed E-state index contributed by atoms with van der Waals surface area (Å²) in [6.07, 6.45) is 8.67. The second-order valence-corrected chi connectivity index (χ2v) is 21.9. The molecule has 0 N–H and O–H groups in total. The monoisotopic (exact) mass is 840 g/mol. The van der Waals surface area contributed by atoms with Gasteiger partial charge < -0.3 is 0 Å². The number of hydrogen-bond acceptors (Lipinski definition) is 1. The van der Waals surface area contributed by atoms with Gasteiger partial charge in [0.15, 0.2) is 0 Å². The maximum absolute atomic E-state index is 6.14. The SMILES string of the molecule is BC1CCC2=C(CCCc3c2ccc(C)c3C)C(c2ccc(C(C)(C)C)cc2)=C1/C(=C1\N=C2C(=C1c1ccc(C(C)(C)C)cc1)CCCc1c2ccc(C)c1C)c1c(C)cccc1C. The van der Waals surface area contributed by atoms with E-state index in [9.17, 15) is 0 Å². The number of rotatable bonds is 4. The van der Waals surface area contributed by atoms with Crippen LogP contribution in [0.5, 0.6) is 0 Å². The fourth-order valence-corrected chi connectivity index (χ4v) is 11.6. The van der Waals surface area contributed by atoms with E-state index in [1.54, 1.807) is 16.7 Å². The van der Waals surface area contributed by atoms with Gasteiger partial charge in [0.25, 0.3) is 0 Å². The summed E-state index contributed by atoms with van der Waals surface area (Å²) in [6.45, 7) is 27.9. The molecule has 5 aromatic rings. The van der Waals surface area contributed by atoms with Gasteiger partial charge in [0.2, 0.25) is 0 Å². The van der Waals surface area contributed by atoms with Crippen LogP contribution in [0.15, 0.2) is 118 Å². The molecule has 3 aliphatic carbocycles. The van der Waals surface area contributed by atoms with Crippen molar-refractivity contribution in [1.29, 1.82) is 0 Å². The molecule has 0 fully saturated rings. The number of hydrogen-bond donors (Lipinski definition) is 0. The Kier molecular flexibility index (Phi) is 11.5. The van der Waals surface area contributed by atoms with Gasteiger partial charge in [-0.25, -0.2) is 4.99 Å². The Morgan fingerprint density at radius 3 is 1.56 bits per heavy atom. The highest BCUT2D eigenvalue weighted by molar-refractivity contribution is 6.26. The maximum Gasteiger partial charge on any atom is 0.111 e. The molecule has 9 rings (SSSR count). The minimum Gasteiger partial charge on any atom is -0.247 e. The third-order valence-electron chi connectivity index (χ3n) is 15.6. The Labute approximate surface area is 387 Å². The zero-order valence-electron chi connectivity index (χ0n) is 41.3. The summed E-state index contributed by atoms with van der Waals surface area (Å²) in [6, 6.07) is 35.9. The summed E-state index contributed by atoms with van der Waals surface area (Å²) in [5.41, 5.74) is 33.4. The Hall–Kier alpha value is -5.21. The minimum absolute atomic E-state index is 0.0600. The topological polar surface area (TPSA) is 12.4 Å². The summed E-state index contributed by atoms with van der Waals surface area (Å²) in [7, 11) is 2.53. The molecule has 0 amide bonds. The van der Waals surface area contributed by atoms with Crippen molar-refractivity contribution in [3.8, 4) is 0 Å². The molecular formula is C62H70BN. The molecule has 326 valence electrons. The largest absolute Gasteiger partial charge is 0.247 e. The summed E-state index contributed by atoms with van der Waals surface area (Å²) < 4.78 is 0. The molecule has 1 heterocycles. The van der Waals surface area contributed by atoms with Crippen molar-refractivity contribution in [2.75, 3.05) is 0 Å². The summed E-state index contributed by atoms with van der Waals surface area (Å²) >= 11 is 0. The van der Waals surface area contributed by atoms with Gasteiger partial charge in [-0.15, -0.1) is 0 Å². The molecule has 1 atom stereocenters. The minimum atomic E-state index is 0.0600. The van der Waals surface area contributed by atoms with Gasteiger partial charge in [0.1, 0.15) is 7.85 Å². The first-order valence-electron chi connectivity index (χ1n) is 24.4. The van der Waals surface area contributed by atoms with E-state index in [0.29, 0.717) is 0 Å². The van der Waals surface area contributed by atoms with Crippen LogP contribution in [0.2, 0.25) is 5.82 Å². The molecule has 5 aromatic carbocycles. The third kappa shape index (κ3) is 7.67. The zero-order valence-corrected chi connectivity index (χ0v) is 41.3. The number of aryl methyl sites for hydroxylation is 4. The lowest BCUT2D eigenvalue weighted by Crippen LogP contribution is -2.12. The summed E-state index contributed by atoms with van der Waals surface area (Å²) in [5, 5.41) is 0. The maximum atomic E-state index is 6.14. The van der Waals surface area contributed by atoms with Crippen molar-refractivity contribution in [2.24, 2.45) is 4.99 Å². The number of aliphatic imine (C=N–C) groups is 1. The zero-order chi connectivity index (χ0) is 45.4. The van der Waals surface area contributed by atoms with Crippen LogP contribution in [-0.2, 0) is 23.7 Å². The third-order valence-corrected chi connectivity index (χ3v) is 15.6. The van der Waals surface area contributed by atoms with Gasteiger partial charge in [-0.2, -0.15) is 0 Å². The molecule has 4 aliphatic rings. The molecular weight excluding hydrogens is 770 g/mol. The van der Waals surface area contributed by atoms with Crippen LogP contribution in [0.4, 0.5) is 0 Å². The van der Waals surface area contributed by atoms with Gasteiger partial charge in [-0.05, 0) is 215 Å². The van der Waals surface area contributed by atoms with Gasteiger partial charge in [0.05, 0.1) is 11.4 Å². The molecule has 0 radical (unpaired) electrons. The smallest absolute Gasteiger partial charge is 0.111 e. The standard InChI is InChI=1S/C62H70BN/c1-36-22-32-48-46(40(36)5)18-14-20-50-49(48)34-35-53(63)57(55(50)42-24-28-44(29-25-42)61(7,8)9)58(54-38(3)16-13-17-39(54)4)60-56(43-26-30-45(31-27-43)62(10,11)12)52-21-15-19-47-41(6)37(2)23-33-51(47)59(52)64-60/h13,16-17,22-33,53H,14-15,18-21,34-35,63H2,1-12H3/b60-58-. The average Bonchev–Trinajstić information content (AvgIpc) is 3.33. The van der Waals surface area contributed by atoms with Gasteiger partial charge in [-0.3, -0.25) is 0 Å². The second kappa shape index (κ2) is 16.7. The van der Waals surface area contributed by atoms with E-state index in [4.69, 9.17) is 4.99 Å². The number of nitrogens with zero attached hydrogens (tertiary/aromatic N) is 1. The molecule has 64 heavy (non-hydrogen) atoms. The quantitative estimate of drug-likeness (QED) is 0.160. The van der Waals surface area contributed by atoms with E-state index in [0.717, 1.165) is 57.1 Å². The fourth-order valence-electron chi connectivity index (χ4n) is 11.6. The molecule has 0 bridgehead atoms. The van der Waals surface area contributed by atoms with Gasteiger partial charge in [-0.1, -0.05) is 133 Å². The van der Waals surface area contributed by atoms with E-state index in [2.05, 4.69) is 182 Å². The predicted octanol–water partition coefficient (Wildman–Crippen LogP) is 15.6. The van der Waals surface area contributed by atoms with Crippen LogP contribution in [0.3, 0.4) is 0 Å². The normalized spacial score (nSPS) is 18.8. The van der Waals surface area contributed by atoms with Crippen molar-refractivity contribution < 1.29 is 0 Å². The summed E-state index contributed by atoms with van der Waals surface area (Å²) in [4.78, 5) is 6.14. The Morgan fingerprint density at radius 1 is 0.516 bits per heavy atom. The Morgan fingerprint density at radius 2 is 1.02 bits per heavy atom. The fraction of sp³-hybridized carbons (Fsp3) is 0.371. The first-order valence-corrected chi connectivity index (χ1v) is 24.4. The van der Waals surface area contributed by atoms with Crippen LogP contribution >= 0.6 is 0 Å². The Bertz CT molecular complexity index is 2850. The van der Waals surface area contributed by atoms with Crippen molar-refractivity contribution in [2.45, 2.75) is 151 Å². The highest BCUT2D eigenvalue weighted by atomic mass is 14.8. The lowest BCUT2D eigenvalue weighted by atomic mass is 9.69. The van der Waals surface area contributed by atoms with Crippen molar-refractivity contribution >= 4 is 35.9 Å². The average molecular weight is 840 g/mol. The van der Waals surface area contributed by atoms with E-state index in [1.807, 2.05) is 0 Å². The molecule has 0 aromatic heterocycles. The van der Waals surface area contributed by atoms with Crippen LogP contribution in [0.1, 0.15) is 164 Å². The van der Waals surface area contributed by atoms with Crippen LogP contribution < -0.4 is 0 Å². The highest BCUT2D eigenvalue weighted by Gasteiger charge is 2.37. The van der Waals surface area contributed by atoms with Gasteiger partial charge >= 0.3 is 0 Å². The molecule has 0 saturated heterocycles. The first-order chi connectivity index (χ1) is 30.4. The van der Waals surface area contributed by atoms with E-state index in [-0.39, 0.29) is 16.6 Å². The van der Waals surface area contributed by atoms with E-state index < -0.39 is 0 Å². The first kappa shape index (κ1) is 44.0. The predicted molar refractivity (Wildman–Crippen MR) is 280 cm³/mol. The lowest BCUT2D eigenvalue weighted by Gasteiger charge is -2.28. The summed E-state index contributed by atoms with van der Waals surface area (Å²) in [5.74, 6) is 0.276. The molecule has 2 heteroatoms. The van der Waals surface area contributed by atoms with Gasteiger partial charge in [0, 0.05) is 16.7 Å². The second-order valence-electron chi connectivity index (χ2n) is 21.9. The Balaban J connectivity index is 1.47. The van der Waals surface area contributed by atoms with Crippen LogP contribution in [0.25, 0.3) is 22.3 Å². The molecule has 1 unspecified atom stereocenters. The van der Waals surface area contributed by atoms with Crippen molar-refractivity contribution in [3.63, 3.8) is 0 Å². The van der Waals surface area contributed by atoms with E-state index in [1.165, 1.54) is 111 Å². The molecule has 1 nitrogen and oxygen atoms in total.